The van der Waals surface area contributed by atoms with Crippen LogP contribution in [-0.4, -0.2) is 63.0 Å². The van der Waals surface area contributed by atoms with Crippen molar-refractivity contribution < 1.29 is 22.7 Å². The van der Waals surface area contributed by atoms with Crippen molar-refractivity contribution in [2.45, 2.75) is 4.90 Å². The average Bonchev–Trinajstić information content (AvgIpc) is 2.75. The summed E-state index contributed by atoms with van der Waals surface area (Å²) in [5.41, 5.74) is 0.417. The van der Waals surface area contributed by atoms with E-state index in [0.717, 1.165) is 0 Å². The third-order valence-electron chi connectivity index (χ3n) is 4.78. The third-order valence-corrected chi connectivity index (χ3v) is 7.01. The minimum atomic E-state index is -3.56. The van der Waals surface area contributed by atoms with Gasteiger partial charge in [0, 0.05) is 38.3 Å². The summed E-state index contributed by atoms with van der Waals surface area (Å²) in [7, 11) is -3.56. The Morgan fingerprint density at radius 2 is 1.59 bits per heavy atom. The van der Waals surface area contributed by atoms with Crippen LogP contribution in [0, 0.1) is 0 Å². The molecule has 0 radical (unpaired) electrons. The molecule has 2 aliphatic heterocycles. The van der Waals surface area contributed by atoms with Crippen molar-refractivity contribution in [2.24, 2.45) is 0 Å². The SMILES string of the molecule is O=C(Nc1cc2c(cc1Cl)OCCO2)N1CCN(S(=O)(=O)c2ccccc2)CC1. The minimum absolute atomic E-state index is 0.222. The molecule has 1 saturated heterocycles. The zero-order valence-electron chi connectivity index (χ0n) is 15.5. The largest absolute Gasteiger partial charge is 0.486 e. The molecule has 2 aromatic carbocycles. The molecule has 0 unspecified atom stereocenters. The molecule has 4 rings (SSSR count). The van der Waals surface area contributed by atoms with Crippen LogP contribution >= 0.6 is 11.6 Å². The highest BCUT2D eigenvalue weighted by molar-refractivity contribution is 7.89. The monoisotopic (exact) mass is 437 g/mol. The molecule has 8 nitrogen and oxygen atoms in total. The quantitative estimate of drug-likeness (QED) is 0.797. The van der Waals surface area contributed by atoms with Gasteiger partial charge >= 0.3 is 6.03 Å². The van der Waals surface area contributed by atoms with Crippen molar-refractivity contribution in [2.75, 3.05) is 44.7 Å². The first-order valence-corrected chi connectivity index (χ1v) is 11.0. The standard InChI is InChI=1S/C19H20ClN3O5S/c20-15-12-17-18(28-11-10-27-17)13-16(15)21-19(24)22-6-8-23(9-7-22)29(25,26)14-4-2-1-3-5-14/h1-5,12-13H,6-11H2,(H,21,24). The Labute approximate surface area is 174 Å². The Morgan fingerprint density at radius 1 is 0.966 bits per heavy atom. The number of amides is 2. The van der Waals surface area contributed by atoms with E-state index in [1.807, 2.05) is 0 Å². The second kappa shape index (κ2) is 8.10. The summed E-state index contributed by atoms with van der Waals surface area (Å²) < 4.78 is 37.8. The van der Waals surface area contributed by atoms with E-state index in [1.54, 1.807) is 47.4 Å². The normalized spacial score (nSPS) is 17.1. The molecule has 2 aliphatic rings. The van der Waals surface area contributed by atoms with Gasteiger partial charge in [0.15, 0.2) is 11.5 Å². The third kappa shape index (κ3) is 4.12. The van der Waals surface area contributed by atoms with Gasteiger partial charge in [-0.05, 0) is 12.1 Å². The molecule has 154 valence electrons. The van der Waals surface area contributed by atoms with Gasteiger partial charge in [-0.15, -0.1) is 0 Å². The molecule has 0 bridgehead atoms. The van der Waals surface area contributed by atoms with Crippen LogP contribution in [0.4, 0.5) is 10.5 Å². The van der Waals surface area contributed by atoms with Crippen molar-refractivity contribution in [1.82, 2.24) is 9.21 Å². The van der Waals surface area contributed by atoms with Gasteiger partial charge in [-0.3, -0.25) is 0 Å². The Morgan fingerprint density at radius 3 is 2.24 bits per heavy atom. The number of halogens is 1. The van der Waals surface area contributed by atoms with E-state index in [9.17, 15) is 13.2 Å². The highest BCUT2D eigenvalue weighted by Crippen LogP contribution is 2.38. The highest BCUT2D eigenvalue weighted by Gasteiger charge is 2.30. The number of nitrogens with one attached hydrogen (secondary N) is 1. The van der Waals surface area contributed by atoms with Crippen LogP contribution in [0.5, 0.6) is 11.5 Å². The number of anilines is 1. The fourth-order valence-corrected chi connectivity index (χ4v) is 4.87. The zero-order chi connectivity index (χ0) is 20.4. The van der Waals surface area contributed by atoms with Gasteiger partial charge < -0.3 is 19.7 Å². The molecule has 0 aromatic heterocycles. The number of ether oxygens (including phenoxy) is 2. The Kier molecular flexibility index (Phi) is 5.53. The summed E-state index contributed by atoms with van der Waals surface area (Å²) in [6, 6.07) is 11.2. The smallest absolute Gasteiger partial charge is 0.321 e. The lowest BCUT2D eigenvalue weighted by Gasteiger charge is -2.34. The number of carbonyl (C=O) groups excluding carboxylic acids is 1. The number of rotatable bonds is 3. The number of hydrogen-bond acceptors (Lipinski definition) is 5. The van der Waals surface area contributed by atoms with Crippen LogP contribution in [0.15, 0.2) is 47.4 Å². The molecule has 1 fully saturated rings. The fraction of sp³-hybridized carbons (Fsp3) is 0.316. The van der Waals surface area contributed by atoms with Crippen molar-refractivity contribution >= 4 is 33.3 Å². The molecule has 1 N–H and O–H groups in total. The van der Waals surface area contributed by atoms with Crippen LogP contribution in [0.25, 0.3) is 0 Å². The summed E-state index contributed by atoms with van der Waals surface area (Å²) in [5.74, 6) is 1.06. The molecule has 2 amide bonds. The lowest BCUT2D eigenvalue weighted by atomic mass is 10.2. The van der Waals surface area contributed by atoms with E-state index in [1.165, 1.54) is 4.31 Å². The zero-order valence-corrected chi connectivity index (χ0v) is 17.1. The molecule has 0 aliphatic carbocycles. The molecule has 10 heteroatoms. The maximum absolute atomic E-state index is 12.7. The Bertz CT molecular complexity index is 1010. The molecule has 0 saturated carbocycles. The number of sulfonamides is 1. The van der Waals surface area contributed by atoms with Gasteiger partial charge in [0.2, 0.25) is 10.0 Å². The van der Waals surface area contributed by atoms with E-state index in [2.05, 4.69) is 5.32 Å². The van der Waals surface area contributed by atoms with Crippen LogP contribution < -0.4 is 14.8 Å². The maximum atomic E-state index is 12.7. The van der Waals surface area contributed by atoms with Crippen LogP contribution in [-0.2, 0) is 10.0 Å². The summed E-state index contributed by atoms with van der Waals surface area (Å²) in [6.07, 6.45) is 0. The first kappa shape index (κ1) is 19.8. The van der Waals surface area contributed by atoms with E-state index < -0.39 is 10.0 Å². The molecule has 2 heterocycles. The number of carbonyl (C=O) groups is 1. The molecule has 2 aromatic rings. The van der Waals surface area contributed by atoms with Crippen molar-refractivity contribution in [3.05, 3.63) is 47.5 Å². The molecular formula is C19H20ClN3O5S. The van der Waals surface area contributed by atoms with Crippen molar-refractivity contribution in [3.63, 3.8) is 0 Å². The van der Waals surface area contributed by atoms with Crippen LogP contribution in [0.3, 0.4) is 0 Å². The first-order chi connectivity index (χ1) is 13.9. The molecule has 0 spiro atoms. The fourth-order valence-electron chi connectivity index (χ4n) is 3.23. The predicted molar refractivity (Wildman–Crippen MR) is 108 cm³/mol. The van der Waals surface area contributed by atoms with E-state index in [4.69, 9.17) is 21.1 Å². The topological polar surface area (TPSA) is 88.2 Å². The van der Waals surface area contributed by atoms with Gasteiger partial charge in [-0.25, -0.2) is 13.2 Å². The maximum Gasteiger partial charge on any atom is 0.321 e. The molecule has 29 heavy (non-hydrogen) atoms. The lowest BCUT2D eigenvalue weighted by Crippen LogP contribution is -2.51. The summed E-state index contributed by atoms with van der Waals surface area (Å²) in [6.45, 7) is 1.88. The van der Waals surface area contributed by atoms with Gasteiger partial charge in [0.05, 0.1) is 15.6 Å². The number of piperazine rings is 1. The lowest BCUT2D eigenvalue weighted by molar-refractivity contribution is 0.171. The summed E-state index contributed by atoms with van der Waals surface area (Å²) in [5, 5.41) is 3.11. The molecule has 0 atom stereocenters. The number of nitrogens with zero attached hydrogens (tertiary/aromatic N) is 2. The van der Waals surface area contributed by atoms with Crippen LogP contribution in [0.2, 0.25) is 5.02 Å². The van der Waals surface area contributed by atoms with Crippen LogP contribution in [0.1, 0.15) is 0 Å². The minimum Gasteiger partial charge on any atom is -0.486 e. The first-order valence-electron chi connectivity index (χ1n) is 9.15. The van der Waals surface area contributed by atoms with Gasteiger partial charge in [0.1, 0.15) is 13.2 Å². The summed E-state index contributed by atoms with van der Waals surface area (Å²) >= 11 is 6.24. The second-order valence-electron chi connectivity index (χ2n) is 6.61. The molecular weight excluding hydrogens is 418 g/mol. The predicted octanol–water partition coefficient (Wildman–Crippen LogP) is 2.65. The Balaban J connectivity index is 1.40. The Hall–Kier alpha value is -2.49. The summed E-state index contributed by atoms with van der Waals surface area (Å²) in [4.78, 5) is 14.4. The number of benzene rings is 2. The number of fused-ring (bicyclic) bond motifs is 1. The average molecular weight is 438 g/mol. The van der Waals surface area contributed by atoms with Gasteiger partial charge in [-0.1, -0.05) is 29.8 Å². The number of hydrogen-bond donors (Lipinski definition) is 1. The van der Waals surface area contributed by atoms with E-state index in [-0.39, 0.29) is 37.1 Å². The van der Waals surface area contributed by atoms with Gasteiger partial charge in [-0.2, -0.15) is 4.31 Å². The van der Waals surface area contributed by atoms with E-state index in [0.29, 0.717) is 35.4 Å². The highest BCUT2D eigenvalue weighted by atomic mass is 35.5. The van der Waals surface area contributed by atoms with E-state index >= 15 is 0 Å². The van der Waals surface area contributed by atoms with Gasteiger partial charge in [0.25, 0.3) is 0 Å². The van der Waals surface area contributed by atoms with Crippen molar-refractivity contribution in [1.29, 1.82) is 0 Å². The second-order valence-corrected chi connectivity index (χ2v) is 8.96. The number of urea groups is 1. The van der Waals surface area contributed by atoms with Crippen molar-refractivity contribution in [3.8, 4) is 11.5 Å².